The molecule has 1 unspecified atom stereocenters. The number of likely N-dealkylation sites (tertiary alicyclic amines) is 1. The molecule has 1 heterocycles. The van der Waals surface area contributed by atoms with Gasteiger partial charge in [0.2, 0.25) is 0 Å². The number of ketones is 1. The number of nitrogens with zero attached hydrogens (tertiary/aromatic N) is 1. The number of carbonyl (C=O) groups excluding carboxylic acids is 2. The Morgan fingerprint density at radius 2 is 1.78 bits per heavy atom. The molecule has 0 spiro atoms. The Labute approximate surface area is 187 Å². The number of rotatable bonds is 8. The van der Waals surface area contributed by atoms with Crippen molar-refractivity contribution in [1.82, 2.24) is 4.90 Å². The van der Waals surface area contributed by atoms with Crippen LogP contribution >= 0.6 is 0 Å². The van der Waals surface area contributed by atoms with E-state index in [9.17, 15) is 19.8 Å². The molecule has 0 radical (unpaired) electrons. The van der Waals surface area contributed by atoms with E-state index in [1.54, 1.807) is 43.3 Å². The molecule has 0 saturated carbocycles. The van der Waals surface area contributed by atoms with Crippen LogP contribution in [0.3, 0.4) is 0 Å². The van der Waals surface area contributed by atoms with Crippen LogP contribution in [-0.2, 0) is 9.59 Å². The summed E-state index contributed by atoms with van der Waals surface area (Å²) in [6, 6.07) is 10.6. The van der Waals surface area contributed by atoms with E-state index in [1.165, 1.54) is 11.0 Å². The number of amides is 1. The summed E-state index contributed by atoms with van der Waals surface area (Å²) in [7, 11) is 0. The minimum atomic E-state index is -0.790. The summed E-state index contributed by atoms with van der Waals surface area (Å²) in [6.07, 6.45) is 0.643. The summed E-state index contributed by atoms with van der Waals surface area (Å²) in [5.74, 6) is -0.807. The predicted octanol–water partition coefficient (Wildman–Crippen LogP) is 4.41. The van der Waals surface area contributed by atoms with Crippen molar-refractivity contribution in [1.29, 1.82) is 0 Å². The average Bonchev–Trinajstić information content (AvgIpc) is 3.00. The zero-order chi connectivity index (χ0) is 23.4. The highest BCUT2D eigenvalue weighted by Gasteiger charge is 2.45. The standard InChI is InChI=1S/C25H29NO6/c1-5-13-26-22(17-9-12-19(27)20(14-17)31-6-2)21(24(29)25(26)30)23(28)16-7-10-18(11-8-16)32-15(3)4/h7-12,14-15,22,27-28H,5-6,13H2,1-4H3/b23-21-. The lowest BCUT2D eigenvalue weighted by atomic mass is 9.95. The van der Waals surface area contributed by atoms with Gasteiger partial charge in [0.1, 0.15) is 11.5 Å². The van der Waals surface area contributed by atoms with E-state index >= 15 is 0 Å². The molecule has 1 aliphatic heterocycles. The van der Waals surface area contributed by atoms with Crippen molar-refractivity contribution in [3.05, 3.63) is 59.2 Å². The van der Waals surface area contributed by atoms with Gasteiger partial charge in [0.25, 0.3) is 11.7 Å². The average molecular weight is 440 g/mol. The Bertz CT molecular complexity index is 1030. The highest BCUT2D eigenvalue weighted by Crippen LogP contribution is 2.42. The van der Waals surface area contributed by atoms with Crippen molar-refractivity contribution in [2.24, 2.45) is 0 Å². The second-order valence-electron chi connectivity index (χ2n) is 7.84. The zero-order valence-corrected chi connectivity index (χ0v) is 18.8. The van der Waals surface area contributed by atoms with Gasteiger partial charge in [-0.2, -0.15) is 0 Å². The van der Waals surface area contributed by atoms with Gasteiger partial charge in [-0.25, -0.2) is 0 Å². The fraction of sp³-hybridized carbons (Fsp3) is 0.360. The number of phenolic OH excluding ortho intramolecular Hbond substituents is 1. The van der Waals surface area contributed by atoms with Gasteiger partial charge in [0, 0.05) is 12.1 Å². The van der Waals surface area contributed by atoms with Crippen molar-refractivity contribution in [2.45, 2.75) is 46.3 Å². The van der Waals surface area contributed by atoms with Gasteiger partial charge >= 0.3 is 0 Å². The van der Waals surface area contributed by atoms with Crippen molar-refractivity contribution >= 4 is 17.4 Å². The number of aromatic hydroxyl groups is 1. The van der Waals surface area contributed by atoms with Crippen LogP contribution in [0.2, 0.25) is 0 Å². The van der Waals surface area contributed by atoms with Gasteiger partial charge < -0.3 is 24.6 Å². The minimum absolute atomic E-state index is 0.00264. The lowest BCUT2D eigenvalue weighted by Gasteiger charge is -2.25. The monoisotopic (exact) mass is 439 g/mol. The molecule has 2 aromatic rings. The van der Waals surface area contributed by atoms with Gasteiger partial charge in [-0.3, -0.25) is 9.59 Å². The second-order valence-corrected chi connectivity index (χ2v) is 7.84. The molecule has 1 atom stereocenters. The maximum atomic E-state index is 13.0. The number of Topliss-reactive ketones (excluding diaryl/α,β-unsaturated/α-hetero) is 1. The van der Waals surface area contributed by atoms with Gasteiger partial charge in [0.15, 0.2) is 11.5 Å². The largest absolute Gasteiger partial charge is 0.507 e. The molecule has 7 nitrogen and oxygen atoms in total. The number of hydrogen-bond acceptors (Lipinski definition) is 6. The summed E-state index contributed by atoms with van der Waals surface area (Å²) in [5.41, 5.74) is 0.985. The number of phenols is 1. The quantitative estimate of drug-likeness (QED) is 0.359. The first kappa shape index (κ1) is 23.2. The van der Waals surface area contributed by atoms with E-state index in [1.807, 2.05) is 20.8 Å². The third-order valence-corrected chi connectivity index (χ3v) is 5.10. The van der Waals surface area contributed by atoms with E-state index in [-0.39, 0.29) is 28.9 Å². The first-order chi connectivity index (χ1) is 15.3. The normalized spacial score (nSPS) is 17.8. The molecule has 170 valence electrons. The topological polar surface area (TPSA) is 96.3 Å². The van der Waals surface area contributed by atoms with Gasteiger partial charge in [-0.1, -0.05) is 13.0 Å². The van der Waals surface area contributed by atoms with Crippen LogP contribution in [0.25, 0.3) is 5.76 Å². The zero-order valence-electron chi connectivity index (χ0n) is 18.8. The molecule has 32 heavy (non-hydrogen) atoms. The molecule has 2 N–H and O–H groups in total. The van der Waals surface area contributed by atoms with Crippen molar-refractivity contribution in [3.8, 4) is 17.2 Å². The predicted molar refractivity (Wildman–Crippen MR) is 121 cm³/mol. The Morgan fingerprint density at radius 3 is 2.38 bits per heavy atom. The van der Waals surface area contributed by atoms with Gasteiger partial charge in [-0.15, -0.1) is 0 Å². The number of aliphatic hydroxyl groups excluding tert-OH is 1. The summed E-state index contributed by atoms with van der Waals surface area (Å²) >= 11 is 0. The van der Waals surface area contributed by atoms with Crippen LogP contribution in [0.15, 0.2) is 48.0 Å². The third kappa shape index (κ3) is 4.56. The maximum Gasteiger partial charge on any atom is 0.295 e. The smallest absolute Gasteiger partial charge is 0.295 e. The van der Waals surface area contributed by atoms with Crippen molar-refractivity contribution in [2.75, 3.05) is 13.2 Å². The highest BCUT2D eigenvalue weighted by molar-refractivity contribution is 6.46. The Kier molecular flexibility index (Phi) is 7.08. The first-order valence-electron chi connectivity index (χ1n) is 10.8. The molecule has 1 aliphatic rings. The molecule has 0 aliphatic carbocycles. The molecule has 1 amide bonds. The van der Waals surface area contributed by atoms with E-state index < -0.39 is 17.7 Å². The van der Waals surface area contributed by atoms with E-state index in [0.29, 0.717) is 36.4 Å². The lowest BCUT2D eigenvalue weighted by molar-refractivity contribution is -0.139. The molecule has 1 saturated heterocycles. The fourth-order valence-electron chi connectivity index (χ4n) is 3.79. The molecular formula is C25H29NO6. The van der Waals surface area contributed by atoms with Crippen LogP contribution in [0.5, 0.6) is 17.2 Å². The number of ether oxygens (including phenoxy) is 2. The first-order valence-corrected chi connectivity index (χ1v) is 10.8. The molecule has 3 rings (SSSR count). The molecule has 1 fully saturated rings. The van der Waals surface area contributed by atoms with Crippen LogP contribution < -0.4 is 9.47 Å². The number of hydrogen-bond donors (Lipinski definition) is 2. The maximum absolute atomic E-state index is 13.0. The minimum Gasteiger partial charge on any atom is -0.507 e. The lowest BCUT2D eigenvalue weighted by Crippen LogP contribution is -2.30. The van der Waals surface area contributed by atoms with Crippen LogP contribution in [0.1, 0.15) is 51.3 Å². The Balaban J connectivity index is 2.12. The third-order valence-electron chi connectivity index (χ3n) is 5.10. The van der Waals surface area contributed by atoms with Crippen LogP contribution in [0, 0.1) is 0 Å². The van der Waals surface area contributed by atoms with Crippen molar-refractivity contribution < 1.29 is 29.3 Å². The second kappa shape index (κ2) is 9.77. The summed E-state index contributed by atoms with van der Waals surface area (Å²) in [4.78, 5) is 27.2. The molecule has 0 bridgehead atoms. The molecular weight excluding hydrogens is 410 g/mol. The number of aliphatic hydroxyl groups is 1. The number of benzene rings is 2. The Hall–Kier alpha value is -3.48. The molecule has 2 aromatic carbocycles. The Morgan fingerprint density at radius 1 is 1.09 bits per heavy atom. The van der Waals surface area contributed by atoms with Gasteiger partial charge in [-0.05, 0) is 69.2 Å². The summed E-state index contributed by atoms with van der Waals surface area (Å²) in [5, 5.41) is 21.2. The van der Waals surface area contributed by atoms with Crippen LogP contribution in [-0.4, -0.2) is 46.1 Å². The SMILES string of the molecule is CCCN1C(=O)C(=O)/C(=C(\O)c2ccc(OC(C)C)cc2)C1c1ccc(O)c(OCC)c1. The highest BCUT2D eigenvalue weighted by atomic mass is 16.5. The van der Waals surface area contributed by atoms with Crippen LogP contribution in [0.4, 0.5) is 0 Å². The van der Waals surface area contributed by atoms with Gasteiger partial charge in [0.05, 0.1) is 24.3 Å². The van der Waals surface area contributed by atoms with E-state index in [2.05, 4.69) is 0 Å². The summed E-state index contributed by atoms with van der Waals surface area (Å²) < 4.78 is 11.1. The fourth-order valence-corrected chi connectivity index (χ4v) is 3.79. The van der Waals surface area contributed by atoms with E-state index in [0.717, 1.165) is 0 Å². The summed E-state index contributed by atoms with van der Waals surface area (Å²) in [6.45, 7) is 8.22. The van der Waals surface area contributed by atoms with E-state index in [4.69, 9.17) is 9.47 Å². The van der Waals surface area contributed by atoms with Crippen molar-refractivity contribution in [3.63, 3.8) is 0 Å². The molecule has 7 heteroatoms. The number of carbonyl (C=O) groups is 2. The molecule has 0 aromatic heterocycles.